The van der Waals surface area contributed by atoms with E-state index < -0.39 is 9.84 Å². The number of piperidine rings is 2. The van der Waals surface area contributed by atoms with Crippen molar-refractivity contribution in [2.45, 2.75) is 30.0 Å². The lowest BCUT2D eigenvalue weighted by Crippen LogP contribution is -2.34. The number of fused-ring (bicyclic) bond motifs is 2. The van der Waals surface area contributed by atoms with Crippen LogP contribution < -0.4 is 19.7 Å². The minimum atomic E-state index is -3.25. The molecule has 2 aliphatic heterocycles. The van der Waals surface area contributed by atoms with E-state index in [2.05, 4.69) is 53.1 Å². The molecule has 0 atom stereocenters. The summed E-state index contributed by atoms with van der Waals surface area (Å²) in [4.78, 5) is 11.1. The molecule has 44 heavy (non-hydrogen) atoms. The fourth-order valence-electron chi connectivity index (χ4n) is 4.80. The van der Waals surface area contributed by atoms with E-state index in [9.17, 15) is 13.5 Å². The molecular weight excluding hydrogens is 756 g/mol. The maximum Gasteiger partial charge on any atom is 0.210 e. The molecule has 10 nitrogen and oxygen atoms in total. The minimum Gasteiger partial charge on any atom is -0.495 e. The van der Waals surface area contributed by atoms with Gasteiger partial charge in [-0.25, -0.2) is 18.4 Å². The number of nitrogens with one attached hydrogen (secondary N) is 1. The van der Waals surface area contributed by atoms with Gasteiger partial charge in [-0.3, -0.25) is 0 Å². The molecule has 4 heterocycles. The highest BCUT2D eigenvalue weighted by Gasteiger charge is 2.21. The summed E-state index contributed by atoms with van der Waals surface area (Å²) in [6.45, 7) is 4.81. The maximum atomic E-state index is 11.3. The van der Waals surface area contributed by atoms with Crippen molar-refractivity contribution in [2.24, 2.45) is 11.8 Å². The van der Waals surface area contributed by atoms with E-state index in [1.165, 1.54) is 0 Å². The number of sulfone groups is 1. The van der Waals surface area contributed by atoms with E-state index in [1.807, 2.05) is 6.07 Å². The summed E-state index contributed by atoms with van der Waals surface area (Å²) in [7, 11) is -0.0289. The molecule has 2 aromatic carbocycles. The second kappa shape index (κ2) is 16.3. The van der Waals surface area contributed by atoms with Gasteiger partial charge < -0.3 is 29.9 Å². The molecule has 4 aromatic rings. The first-order valence-electron chi connectivity index (χ1n) is 14.2. The summed E-state index contributed by atoms with van der Waals surface area (Å²) in [5.74, 6) is 2.48. The molecule has 0 saturated carbocycles. The van der Waals surface area contributed by atoms with E-state index in [0.29, 0.717) is 36.3 Å². The van der Waals surface area contributed by atoms with Crippen LogP contribution in [0.2, 0.25) is 0 Å². The van der Waals surface area contributed by atoms with Crippen LogP contribution in [0, 0.1) is 11.8 Å². The monoisotopic (exact) mass is 792 g/mol. The molecule has 3 N–H and O–H groups in total. The molecule has 0 bridgehead atoms. The Kier molecular flexibility index (Phi) is 13.1. The van der Waals surface area contributed by atoms with Crippen LogP contribution in [0.1, 0.15) is 25.7 Å². The summed E-state index contributed by atoms with van der Waals surface area (Å²) in [5, 5.41) is 22.2. The van der Waals surface area contributed by atoms with Crippen molar-refractivity contribution in [1.29, 1.82) is 0 Å². The number of thiazole rings is 2. The average molecular weight is 795 g/mol. The molecule has 15 heteroatoms. The molecule has 2 saturated heterocycles. The number of nitrogens with zero attached hydrogens (tertiary/aromatic N) is 3. The molecule has 2 fully saturated rings. The Morgan fingerprint density at radius 2 is 1.36 bits per heavy atom. The number of anilines is 1. The number of aliphatic hydroxyl groups excluding tert-OH is 2. The smallest absolute Gasteiger partial charge is 0.210 e. The first-order chi connectivity index (χ1) is 21.1. The van der Waals surface area contributed by atoms with Gasteiger partial charge in [-0.1, -0.05) is 11.3 Å². The number of methoxy groups -OCH3 is 2. The lowest BCUT2D eigenvalue weighted by atomic mass is 9.98. The normalized spacial score (nSPS) is 16.3. The van der Waals surface area contributed by atoms with Crippen LogP contribution in [0.25, 0.3) is 20.4 Å². The summed E-state index contributed by atoms with van der Waals surface area (Å²) in [5.41, 5.74) is 1.61. The van der Waals surface area contributed by atoms with Crippen LogP contribution in [0.3, 0.4) is 0 Å². The number of hydrogen-bond acceptors (Lipinski definition) is 12. The quantitative estimate of drug-likeness (QED) is 0.223. The van der Waals surface area contributed by atoms with E-state index in [-0.39, 0.29) is 4.34 Å². The predicted molar refractivity (Wildman–Crippen MR) is 186 cm³/mol. The lowest BCUT2D eigenvalue weighted by molar-refractivity contribution is 0.196. The molecule has 242 valence electrons. The highest BCUT2D eigenvalue weighted by Crippen LogP contribution is 2.37. The van der Waals surface area contributed by atoms with Crippen molar-refractivity contribution in [3.63, 3.8) is 0 Å². The van der Waals surface area contributed by atoms with E-state index in [4.69, 9.17) is 19.6 Å². The van der Waals surface area contributed by atoms with Crippen molar-refractivity contribution >= 4 is 89.9 Å². The van der Waals surface area contributed by atoms with Crippen LogP contribution in [0.4, 0.5) is 5.13 Å². The minimum absolute atomic E-state index is 0.127. The number of benzene rings is 2. The van der Waals surface area contributed by atoms with Crippen LogP contribution in [-0.4, -0.2) is 88.5 Å². The van der Waals surface area contributed by atoms with Gasteiger partial charge in [0.1, 0.15) is 11.5 Å². The SMILES string of the molecule is COc1cc2nc(N3CCC(CO)CC3)sc2cc1Br.COc1cc2nc(S(C)(=O)=O)sc2cc1Br.OCC1CCNCC1. The first-order valence-corrected chi connectivity index (χ1v) is 19.3. The summed E-state index contributed by atoms with van der Waals surface area (Å²) in [6, 6.07) is 7.56. The average Bonchev–Trinajstić information content (AvgIpc) is 3.65. The molecule has 0 spiro atoms. The Labute approximate surface area is 283 Å². The molecule has 0 amide bonds. The third-order valence-electron chi connectivity index (χ3n) is 7.47. The predicted octanol–water partition coefficient (Wildman–Crippen LogP) is 5.73. The number of rotatable bonds is 6. The second-order valence-corrected chi connectivity index (χ2v) is 16.6. The van der Waals surface area contributed by atoms with Gasteiger partial charge in [0.2, 0.25) is 14.2 Å². The topological polar surface area (TPSA) is 134 Å². The summed E-state index contributed by atoms with van der Waals surface area (Å²) < 4.78 is 37.0. The van der Waals surface area contributed by atoms with Crippen molar-refractivity contribution in [3.05, 3.63) is 33.2 Å². The zero-order valence-corrected chi connectivity index (χ0v) is 30.5. The van der Waals surface area contributed by atoms with Gasteiger partial charge in [0.15, 0.2) is 5.13 Å². The number of hydrogen-bond donors (Lipinski definition) is 3. The Morgan fingerprint density at radius 1 is 0.864 bits per heavy atom. The molecular formula is C29H38Br2N4O6S3. The van der Waals surface area contributed by atoms with Crippen LogP contribution in [-0.2, 0) is 9.84 Å². The number of ether oxygens (including phenoxy) is 2. The largest absolute Gasteiger partial charge is 0.495 e. The second-order valence-electron chi connectivity index (χ2n) is 10.6. The lowest BCUT2D eigenvalue weighted by Gasteiger charge is -2.30. The standard InChI is InChI=1S/C14H17BrN2O2S.C9H8BrNO3S2.C6H13NO/c1-19-12-7-11-13(6-10(12)15)20-14(16-11)17-4-2-9(8-18)3-5-17;1-14-7-4-6-8(3-5(7)10)15-9(11-6)16(2,12)13;8-5-6-1-3-7-4-2-6/h6-7,9,18H,2-5,8H2,1H3;3-4H,1-2H3;6-8H,1-5H2. The van der Waals surface area contributed by atoms with Gasteiger partial charge in [-0.15, -0.1) is 11.3 Å². The zero-order chi connectivity index (χ0) is 31.9. The number of aliphatic hydroxyl groups is 2. The Hall–Kier alpha value is -1.59. The third-order valence-corrected chi connectivity index (χ3v) is 12.5. The fourth-order valence-corrected chi connectivity index (χ4v) is 9.01. The van der Waals surface area contributed by atoms with Crippen molar-refractivity contribution < 1.29 is 28.1 Å². The number of halogens is 2. The molecule has 0 radical (unpaired) electrons. The van der Waals surface area contributed by atoms with E-state index >= 15 is 0 Å². The molecule has 0 aliphatic carbocycles. The van der Waals surface area contributed by atoms with Gasteiger partial charge in [0.25, 0.3) is 0 Å². The van der Waals surface area contributed by atoms with Gasteiger partial charge in [-0.2, -0.15) is 0 Å². The van der Waals surface area contributed by atoms with Crippen molar-refractivity contribution in [3.8, 4) is 11.5 Å². The van der Waals surface area contributed by atoms with Gasteiger partial charge in [0.05, 0.1) is 43.6 Å². The van der Waals surface area contributed by atoms with Gasteiger partial charge in [-0.05, 0) is 94.6 Å². The van der Waals surface area contributed by atoms with Crippen molar-refractivity contribution in [1.82, 2.24) is 15.3 Å². The maximum absolute atomic E-state index is 11.3. The Bertz CT molecular complexity index is 1640. The van der Waals surface area contributed by atoms with Crippen LogP contribution in [0.15, 0.2) is 37.6 Å². The molecule has 6 rings (SSSR count). The third kappa shape index (κ3) is 9.24. The zero-order valence-electron chi connectivity index (χ0n) is 24.9. The molecule has 0 unspecified atom stereocenters. The fraction of sp³-hybridized carbons (Fsp3) is 0.517. The van der Waals surface area contributed by atoms with Gasteiger partial charge >= 0.3 is 0 Å². The molecule has 2 aliphatic rings. The first kappa shape index (κ1) is 35.3. The van der Waals surface area contributed by atoms with Crippen LogP contribution >= 0.6 is 54.5 Å². The van der Waals surface area contributed by atoms with Crippen molar-refractivity contribution in [2.75, 3.05) is 64.8 Å². The highest BCUT2D eigenvalue weighted by atomic mass is 79.9. The Morgan fingerprint density at radius 3 is 1.84 bits per heavy atom. The van der Waals surface area contributed by atoms with E-state index in [0.717, 1.165) is 104 Å². The van der Waals surface area contributed by atoms with Gasteiger partial charge in [0, 0.05) is 44.7 Å². The number of aromatic nitrogens is 2. The van der Waals surface area contributed by atoms with Crippen LogP contribution in [0.5, 0.6) is 11.5 Å². The van der Waals surface area contributed by atoms with E-state index in [1.54, 1.807) is 37.7 Å². The highest BCUT2D eigenvalue weighted by molar-refractivity contribution is 9.11. The Balaban J connectivity index is 0.000000164. The summed E-state index contributed by atoms with van der Waals surface area (Å²) in [6.07, 6.45) is 5.53. The summed E-state index contributed by atoms with van der Waals surface area (Å²) >= 11 is 9.72. The molecule has 2 aromatic heterocycles.